The summed E-state index contributed by atoms with van der Waals surface area (Å²) < 4.78 is 2.74. The van der Waals surface area contributed by atoms with E-state index in [0.29, 0.717) is 39.2 Å². The SMILES string of the molecule is CCNC(=O)n1cc2ncc3c(=O)n(-c4ccc(Cl)cn4)[nH]c3c2c1. The Kier molecular flexibility index (Phi) is 3.54. The maximum absolute atomic E-state index is 12.6. The zero-order chi connectivity index (χ0) is 17.6. The average molecular weight is 357 g/mol. The number of aromatic nitrogens is 5. The van der Waals surface area contributed by atoms with E-state index in [2.05, 4.69) is 20.4 Å². The van der Waals surface area contributed by atoms with E-state index >= 15 is 0 Å². The molecule has 4 rings (SSSR count). The van der Waals surface area contributed by atoms with Crippen LogP contribution in [0.3, 0.4) is 0 Å². The number of H-pyrrole nitrogens is 1. The van der Waals surface area contributed by atoms with Crippen molar-refractivity contribution in [1.29, 1.82) is 0 Å². The van der Waals surface area contributed by atoms with Crippen molar-refractivity contribution < 1.29 is 4.79 Å². The highest BCUT2D eigenvalue weighted by atomic mass is 35.5. The number of fused-ring (bicyclic) bond motifs is 3. The second-order valence-electron chi connectivity index (χ2n) is 5.43. The first-order valence-corrected chi connectivity index (χ1v) is 7.98. The normalized spacial score (nSPS) is 11.3. The van der Waals surface area contributed by atoms with E-state index in [1.165, 1.54) is 21.6 Å². The lowest BCUT2D eigenvalue weighted by Gasteiger charge is -2.00. The van der Waals surface area contributed by atoms with Gasteiger partial charge in [-0.05, 0) is 19.1 Å². The number of aromatic amines is 1. The molecule has 0 fully saturated rings. The van der Waals surface area contributed by atoms with Gasteiger partial charge in [-0.3, -0.25) is 19.4 Å². The summed E-state index contributed by atoms with van der Waals surface area (Å²) in [5.74, 6) is 0.418. The van der Waals surface area contributed by atoms with E-state index in [9.17, 15) is 9.59 Å². The zero-order valence-electron chi connectivity index (χ0n) is 13.2. The molecule has 0 aliphatic carbocycles. The van der Waals surface area contributed by atoms with Crippen molar-refractivity contribution in [3.63, 3.8) is 0 Å². The first-order chi connectivity index (χ1) is 12.1. The van der Waals surface area contributed by atoms with Gasteiger partial charge in [0.1, 0.15) is 0 Å². The van der Waals surface area contributed by atoms with Crippen LogP contribution in [0, 0.1) is 0 Å². The highest BCUT2D eigenvalue weighted by Crippen LogP contribution is 2.21. The molecule has 4 aromatic rings. The fourth-order valence-electron chi connectivity index (χ4n) is 2.67. The molecule has 0 aliphatic heterocycles. The van der Waals surface area contributed by atoms with Crippen LogP contribution in [0.25, 0.3) is 27.6 Å². The predicted molar refractivity (Wildman–Crippen MR) is 94.5 cm³/mol. The minimum Gasteiger partial charge on any atom is -0.338 e. The van der Waals surface area contributed by atoms with Gasteiger partial charge in [0.05, 0.1) is 21.4 Å². The average Bonchev–Trinajstić information content (AvgIpc) is 3.17. The molecule has 0 atom stereocenters. The summed E-state index contributed by atoms with van der Waals surface area (Å²) in [6.07, 6.45) is 6.22. The largest absolute Gasteiger partial charge is 0.338 e. The summed E-state index contributed by atoms with van der Waals surface area (Å²) in [5.41, 5.74) is 0.927. The number of hydrogen-bond donors (Lipinski definition) is 2. The third-order valence-corrected chi connectivity index (χ3v) is 4.06. The Morgan fingerprint density at radius 1 is 1.24 bits per heavy atom. The summed E-state index contributed by atoms with van der Waals surface area (Å²) in [7, 11) is 0. The van der Waals surface area contributed by atoms with Crippen molar-refractivity contribution in [1.82, 2.24) is 29.6 Å². The van der Waals surface area contributed by atoms with Crippen molar-refractivity contribution in [2.45, 2.75) is 6.92 Å². The minimum absolute atomic E-state index is 0.255. The number of halogens is 1. The number of hydrogen-bond acceptors (Lipinski definition) is 4. The molecule has 4 aromatic heterocycles. The summed E-state index contributed by atoms with van der Waals surface area (Å²) in [5, 5.41) is 7.33. The molecule has 0 unspecified atom stereocenters. The monoisotopic (exact) mass is 356 g/mol. The summed E-state index contributed by atoms with van der Waals surface area (Å²) >= 11 is 5.84. The van der Waals surface area contributed by atoms with E-state index < -0.39 is 0 Å². The van der Waals surface area contributed by atoms with Crippen LogP contribution in [-0.4, -0.2) is 36.9 Å². The van der Waals surface area contributed by atoms with Gasteiger partial charge in [0.25, 0.3) is 5.56 Å². The molecule has 0 aliphatic rings. The number of rotatable bonds is 2. The number of amides is 1. The molecule has 1 amide bonds. The first-order valence-electron chi connectivity index (χ1n) is 7.60. The van der Waals surface area contributed by atoms with Crippen LogP contribution >= 0.6 is 11.6 Å². The summed E-state index contributed by atoms with van der Waals surface area (Å²) in [4.78, 5) is 33.1. The second-order valence-corrected chi connectivity index (χ2v) is 5.87. The minimum atomic E-state index is -0.273. The Labute approximate surface area is 146 Å². The molecule has 0 saturated heterocycles. The van der Waals surface area contributed by atoms with Gasteiger partial charge in [0, 0.05) is 36.7 Å². The fraction of sp³-hybridized carbons (Fsp3) is 0.125. The maximum atomic E-state index is 12.6. The van der Waals surface area contributed by atoms with Crippen LogP contribution in [0.2, 0.25) is 5.02 Å². The number of nitrogens with one attached hydrogen (secondary N) is 2. The van der Waals surface area contributed by atoms with E-state index in [1.807, 2.05) is 6.92 Å². The third-order valence-electron chi connectivity index (χ3n) is 3.84. The predicted octanol–water partition coefficient (Wildman–Crippen LogP) is 2.29. The number of pyridine rings is 2. The molecule has 126 valence electrons. The van der Waals surface area contributed by atoms with Gasteiger partial charge in [0.2, 0.25) is 0 Å². The molecule has 9 heteroatoms. The Bertz CT molecular complexity index is 1160. The molecule has 25 heavy (non-hydrogen) atoms. The van der Waals surface area contributed by atoms with Crippen LogP contribution < -0.4 is 10.9 Å². The standard InChI is InChI=1S/C16H13ClN6O2/c1-2-18-16(25)22-7-11-12(8-22)19-6-10-14(11)21-23(15(10)24)13-4-3-9(17)5-20-13/h3-8,21H,2H2,1H3,(H,18,25). The van der Waals surface area contributed by atoms with Crippen molar-refractivity contribution in [2.75, 3.05) is 6.54 Å². The van der Waals surface area contributed by atoms with Crippen molar-refractivity contribution >= 4 is 39.4 Å². The van der Waals surface area contributed by atoms with E-state index in [1.54, 1.807) is 24.5 Å². The molecule has 0 radical (unpaired) electrons. The van der Waals surface area contributed by atoms with Crippen molar-refractivity contribution in [3.05, 3.63) is 52.3 Å². The van der Waals surface area contributed by atoms with Crippen molar-refractivity contribution in [3.8, 4) is 5.82 Å². The van der Waals surface area contributed by atoms with Crippen LogP contribution in [0.5, 0.6) is 0 Å². The molecule has 0 spiro atoms. The molecule has 0 bridgehead atoms. The lowest BCUT2D eigenvalue weighted by Crippen LogP contribution is -2.26. The number of nitrogens with zero attached hydrogens (tertiary/aromatic N) is 4. The van der Waals surface area contributed by atoms with Gasteiger partial charge in [-0.1, -0.05) is 11.6 Å². The van der Waals surface area contributed by atoms with E-state index in [-0.39, 0.29) is 11.6 Å². The van der Waals surface area contributed by atoms with Gasteiger partial charge in [-0.2, -0.15) is 0 Å². The fourth-order valence-corrected chi connectivity index (χ4v) is 2.78. The lowest BCUT2D eigenvalue weighted by molar-refractivity contribution is 0.243. The van der Waals surface area contributed by atoms with Crippen LogP contribution in [-0.2, 0) is 0 Å². The van der Waals surface area contributed by atoms with Crippen LogP contribution in [0.1, 0.15) is 6.92 Å². The van der Waals surface area contributed by atoms with Gasteiger partial charge >= 0.3 is 6.03 Å². The van der Waals surface area contributed by atoms with Gasteiger partial charge in [-0.15, -0.1) is 0 Å². The zero-order valence-corrected chi connectivity index (χ0v) is 13.9. The Morgan fingerprint density at radius 2 is 2.08 bits per heavy atom. The molecule has 0 saturated carbocycles. The molecular weight excluding hydrogens is 344 g/mol. The van der Waals surface area contributed by atoms with Gasteiger partial charge in [-0.25, -0.2) is 14.5 Å². The first kappa shape index (κ1) is 15.4. The number of carbonyl (C=O) groups excluding carboxylic acids is 1. The smallest absolute Gasteiger partial charge is 0.325 e. The lowest BCUT2D eigenvalue weighted by atomic mass is 10.2. The topological polar surface area (TPSA) is 97.6 Å². The van der Waals surface area contributed by atoms with Crippen LogP contribution in [0.15, 0.2) is 41.7 Å². The van der Waals surface area contributed by atoms with E-state index in [0.717, 1.165) is 0 Å². The molecule has 2 N–H and O–H groups in total. The highest BCUT2D eigenvalue weighted by Gasteiger charge is 2.15. The number of carbonyl (C=O) groups is 1. The summed E-state index contributed by atoms with van der Waals surface area (Å²) in [6.45, 7) is 2.36. The second kappa shape index (κ2) is 5.75. The van der Waals surface area contributed by atoms with Gasteiger partial charge in [0.15, 0.2) is 5.82 Å². The Hall–Kier alpha value is -3.13. The molecule has 8 nitrogen and oxygen atoms in total. The third kappa shape index (κ3) is 2.47. The Morgan fingerprint density at radius 3 is 2.80 bits per heavy atom. The molecular formula is C16H13ClN6O2. The van der Waals surface area contributed by atoms with Crippen molar-refractivity contribution in [2.24, 2.45) is 0 Å². The Balaban J connectivity index is 1.93. The highest BCUT2D eigenvalue weighted by molar-refractivity contribution is 6.30. The molecule has 0 aromatic carbocycles. The molecule has 4 heterocycles. The van der Waals surface area contributed by atoms with Crippen LogP contribution in [0.4, 0.5) is 4.79 Å². The maximum Gasteiger partial charge on any atom is 0.325 e. The van der Waals surface area contributed by atoms with Gasteiger partial charge < -0.3 is 5.32 Å². The summed E-state index contributed by atoms with van der Waals surface area (Å²) in [6, 6.07) is 3.04. The quantitative estimate of drug-likeness (QED) is 0.575. The van der Waals surface area contributed by atoms with E-state index in [4.69, 9.17) is 11.6 Å².